The number of ether oxygens (including phenoxy) is 2. The van der Waals surface area contributed by atoms with E-state index in [9.17, 15) is 14.9 Å². The fraction of sp³-hybridized carbons (Fsp3) is 0.346. The van der Waals surface area contributed by atoms with E-state index in [4.69, 9.17) is 9.47 Å². The van der Waals surface area contributed by atoms with Crippen LogP contribution in [-0.2, 0) is 9.59 Å². The van der Waals surface area contributed by atoms with Crippen LogP contribution in [0.4, 0.5) is 0 Å². The van der Waals surface area contributed by atoms with Crippen molar-refractivity contribution in [1.29, 1.82) is 5.26 Å². The summed E-state index contributed by atoms with van der Waals surface area (Å²) in [5.74, 6) is 0.316. The summed E-state index contributed by atoms with van der Waals surface area (Å²) < 4.78 is 12.1. The summed E-state index contributed by atoms with van der Waals surface area (Å²) in [7, 11) is 0. The monoisotopic (exact) mass is 512 g/mol. The molecule has 0 aliphatic rings. The van der Waals surface area contributed by atoms with Crippen LogP contribution < -0.4 is 14.8 Å². The summed E-state index contributed by atoms with van der Waals surface area (Å²) in [6.45, 7) is 8.42. The minimum Gasteiger partial charge on any atom is -0.482 e. The molecular weight excluding hydrogens is 484 g/mol. The van der Waals surface area contributed by atoms with Crippen molar-refractivity contribution in [1.82, 2.24) is 5.32 Å². The predicted molar refractivity (Wildman–Crippen MR) is 132 cm³/mol. The molecule has 0 fully saturated rings. The molecule has 0 saturated carbocycles. The number of rotatable bonds is 10. The molecule has 0 aromatic heterocycles. The number of amides is 1. The standard InChI is InChI=1S/C26H29BrN2O4/c1-5-6-11-29-26(31)20(15-28)13-19-7-9-21(10-8-19)33-25(30)16-32-24-12-18(4)23(27)14-22(24)17(2)3/h7-10,12-14,17H,5-6,11,16H2,1-4H3,(H,29,31)/b20-13+. The van der Waals surface area contributed by atoms with Gasteiger partial charge in [0.05, 0.1) is 0 Å². The second-order valence-corrected chi connectivity index (χ2v) is 8.76. The summed E-state index contributed by atoms with van der Waals surface area (Å²) in [4.78, 5) is 24.4. The SMILES string of the molecule is CCCCNC(=O)/C(C#N)=C/c1ccc(OC(=O)COc2cc(C)c(Br)cc2C(C)C)cc1. The van der Waals surface area contributed by atoms with Crippen LogP contribution in [0.15, 0.2) is 46.4 Å². The molecule has 0 heterocycles. The van der Waals surface area contributed by atoms with Crippen LogP contribution in [0.1, 0.15) is 56.2 Å². The first-order valence-electron chi connectivity index (χ1n) is 10.9. The fourth-order valence-corrected chi connectivity index (χ4v) is 3.33. The Morgan fingerprint density at radius 1 is 1.21 bits per heavy atom. The van der Waals surface area contributed by atoms with E-state index in [1.807, 2.05) is 32.0 Å². The highest BCUT2D eigenvalue weighted by molar-refractivity contribution is 9.10. The number of unbranched alkanes of at least 4 members (excludes halogenated alkanes) is 1. The summed E-state index contributed by atoms with van der Waals surface area (Å²) in [6, 6.07) is 12.4. The van der Waals surface area contributed by atoms with Gasteiger partial charge >= 0.3 is 5.97 Å². The highest BCUT2D eigenvalue weighted by Gasteiger charge is 2.14. The highest BCUT2D eigenvalue weighted by atomic mass is 79.9. The maximum Gasteiger partial charge on any atom is 0.349 e. The van der Waals surface area contributed by atoms with E-state index in [1.165, 1.54) is 6.08 Å². The molecule has 0 aliphatic heterocycles. The second kappa shape index (κ2) is 12.8. The second-order valence-electron chi connectivity index (χ2n) is 7.90. The molecule has 0 radical (unpaired) electrons. The smallest absolute Gasteiger partial charge is 0.349 e. The average molecular weight is 513 g/mol. The molecule has 0 saturated heterocycles. The third kappa shape index (κ3) is 8.07. The molecule has 6 nitrogen and oxygen atoms in total. The average Bonchev–Trinajstić information content (AvgIpc) is 2.79. The Kier molecular flexibility index (Phi) is 10.1. The van der Waals surface area contributed by atoms with Gasteiger partial charge in [-0.2, -0.15) is 5.26 Å². The maximum atomic E-state index is 12.3. The van der Waals surface area contributed by atoms with Gasteiger partial charge in [0.2, 0.25) is 0 Å². The fourth-order valence-electron chi connectivity index (χ4n) is 2.97. The Labute approximate surface area is 203 Å². The van der Waals surface area contributed by atoms with E-state index >= 15 is 0 Å². The van der Waals surface area contributed by atoms with Gasteiger partial charge in [0, 0.05) is 11.0 Å². The van der Waals surface area contributed by atoms with E-state index in [2.05, 4.69) is 35.1 Å². The van der Waals surface area contributed by atoms with Crippen LogP contribution in [0.2, 0.25) is 0 Å². The predicted octanol–water partition coefficient (Wildman–Crippen LogP) is 5.69. The molecular formula is C26H29BrN2O4. The molecule has 1 amide bonds. The number of nitriles is 1. The topological polar surface area (TPSA) is 88.4 Å². The Morgan fingerprint density at radius 3 is 2.52 bits per heavy atom. The van der Waals surface area contributed by atoms with Crippen molar-refractivity contribution in [3.05, 3.63) is 63.1 Å². The number of benzene rings is 2. The zero-order valence-electron chi connectivity index (χ0n) is 19.4. The van der Waals surface area contributed by atoms with Crippen LogP contribution >= 0.6 is 15.9 Å². The first-order valence-corrected chi connectivity index (χ1v) is 11.7. The lowest BCUT2D eigenvalue weighted by atomic mass is 10.0. The van der Waals surface area contributed by atoms with Crippen molar-refractivity contribution in [3.63, 3.8) is 0 Å². The molecule has 0 bridgehead atoms. The minimum absolute atomic E-state index is 0.0231. The van der Waals surface area contributed by atoms with E-state index in [0.29, 0.717) is 23.6 Å². The number of halogens is 1. The van der Waals surface area contributed by atoms with Gasteiger partial charge in [-0.25, -0.2) is 4.79 Å². The Hall–Kier alpha value is -3.11. The Bertz CT molecular complexity index is 1050. The highest BCUT2D eigenvalue weighted by Crippen LogP contribution is 2.32. The van der Waals surface area contributed by atoms with Crippen molar-refractivity contribution >= 4 is 33.9 Å². The van der Waals surface area contributed by atoms with Gasteiger partial charge in [-0.15, -0.1) is 0 Å². The van der Waals surface area contributed by atoms with Gasteiger partial charge < -0.3 is 14.8 Å². The molecule has 7 heteroatoms. The number of aryl methyl sites for hydroxylation is 1. The van der Waals surface area contributed by atoms with Gasteiger partial charge in [-0.1, -0.05) is 55.3 Å². The molecule has 0 unspecified atom stereocenters. The van der Waals surface area contributed by atoms with Crippen molar-refractivity contribution in [2.24, 2.45) is 0 Å². The number of hydrogen-bond donors (Lipinski definition) is 1. The maximum absolute atomic E-state index is 12.3. The van der Waals surface area contributed by atoms with Crippen molar-refractivity contribution in [2.75, 3.05) is 13.2 Å². The molecule has 174 valence electrons. The molecule has 2 aromatic rings. The van der Waals surface area contributed by atoms with Crippen molar-refractivity contribution in [3.8, 4) is 17.6 Å². The van der Waals surface area contributed by atoms with E-state index in [-0.39, 0.29) is 18.1 Å². The van der Waals surface area contributed by atoms with Crippen LogP contribution in [0.25, 0.3) is 6.08 Å². The summed E-state index contributed by atoms with van der Waals surface area (Å²) >= 11 is 3.53. The van der Waals surface area contributed by atoms with Crippen molar-refractivity contribution in [2.45, 2.75) is 46.5 Å². The molecule has 0 aliphatic carbocycles. The Balaban J connectivity index is 1.98. The quantitative estimate of drug-likeness (QED) is 0.145. The zero-order chi connectivity index (χ0) is 24.4. The molecule has 1 N–H and O–H groups in total. The largest absolute Gasteiger partial charge is 0.482 e. The van der Waals surface area contributed by atoms with Crippen LogP contribution in [0.5, 0.6) is 11.5 Å². The Morgan fingerprint density at radius 2 is 1.91 bits per heavy atom. The van der Waals surface area contributed by atoms with Crippen molar-refractivity contribution < 1.29 is 19.1 Å². The van der Waals surface area contributed by atoms with Gasteiger partial charge in [-0.3, -0.25) is 4.79 Å². The number of nitrogens with zero attached hydrogens (tertiary/aromatic N) is 1. The van der Waals surface area contributed by atoms with Gasteiger partial charge in [-0.05, 0) is 66.3 Å². The summed E-state index contributed by atoms with van der Waals surface area (Å²) in [5.41, 5.74) is 2.70. The van der Waals surface area contributed by atoms with E-state index < -0.39 is 11.9 Å². The van der Waals surface area contributed by atoms with Gasteiger partial charge in [0.1, 0.15) is 23.1 Å². The van der Waals surface area contributed by atoms with Crippen LogP contribution in [-0.4, -0.2) is 25.0 Å². The molecule has 2 aromatic carbocycles. The lowest BCUT2D eigenvalue weighted by Gasteiger charge is -2.15. The first kappa shape index (κ1) is 26.1. The lowest BCUT2D eigenvalue weighted by molar-refractivity contribution is -0.136. The van der Waals surface area contributed by atoms with E-state index in [0.717, 1.165) is 28.4 Å². The van der Waals surface area contributed by atoms with E-state index in [1.54, 1.807) is 24.3 Å². The molecule has 33 heavy (non-hydrogen) atoms. The number of carbonyl (C=O) groups excluding carboxylic acids is 2. The molecule has 0 atom stereocenters. The van der Waals surface area contributed by atoms with Crippen LogP contribution in [0.3, 0.4) is 0 Å². The van der Waals surface area contributed by atoms with Crippen LogP contribution in [0, 0.1) is 18.3 Å². The number of nitrogens with one attached hydrogen (secondary N) is 1. The minimum atomic E-state index is -0.526. The zero-order valence-corrected chi connectivity index (χ0v) is 21.0. The molecule has 2 rings (SSSR count). The summed E-state index contributed by atoms with van der Waals surface area (Å²) in [5, 5.41) is 12.0. The van der Waals surface area contributed by atoms with Gasteiger partial charge in [0.25, 0.3) is 5.91 Å². The number of hydrogen-bond acceptors (Lipinski definition) is 5. The molecule has 0 spiro atoms. The first-order chi connectivity index (χ1) is 15.7. The third-order valence-corrected chi connectivity index (χ3v) is 5.72. The number of esters is 1. The lowest BCUT2D eigenvalue weighted by Crippen LogP contribution is -2.25. The number of carbonyl (C=O) groups is 2. The third-order valence-electron chi connectivity index (χ3n) is 4.86. The van der Waals surface area contributed by atoms with Gasteiger partial charge in [0.15, 0.2) is 6.61 Å². The normalized spacial score (nSPS) is 11.1. The summed E-state index contributed by atoms with van der Waals surface area (Å²) in [6.07, 6.45) is 3.31.